The van der Waals surface area contributed by atoms with Gasteiger partial charge >= 0.3 is 5.97 Å². The number of benzene rings is 1. The van der Waals surface area contributed by atoms with Crippen LogP contribution in [0.4, 0.5) is 0 Å². The molecule has 0 aliphatic carbocycles. The summed E-state index contributed by atoms with van der Waals surface area (Å²) >= 11 is 0. The second-order valence-electron chi connectivity index (χ2n) is 6.43. The molecule has 1 aromatic carbocycles. The van der Waals surface area contributed by atoms with Crippen LogP contribution in [0, 0.1) is 19.1 Å². The largest absolute Gasteiger partial charge is 0.618 e. The molecule has 0 saturated heterocycles. The third kappa shape index (κ3) is 3.30. The number of hydrogen-bond acceptors (Lipinski definition) is 4. The standard InChI is InChI=1S/C21H22N2O4/c1-5-22-12-18(21(25)27-6-2)20(24)17-8-7-15(11-19(17)22)16-9-13(3)23(26)14(4)10-16/h7-12H,5-6H2,1-4H3. The van der Waals surface area contributed by atoms with Gasteiger partial charge in [-0.2, -0.15) is 4.73 Å². The molecule has 140 valence electrons. The molecule has 0 bridgehead atoms. The number of pyridine rings is 2. The summed E-state index contributed by atoms with van der Waals surface area (Å²) in [4.78, 5) is 24.9. The number of carbonyl (C=O) groups excluding carboxylic acids is 1. The average molecular weight is 366 g/mol. The van der Waals surface area contributed by atoms with Crippen LogP contribution < -0.4 is 10.2 Å². The maximum atomic E-state index is 12.8. The molecule has 3 rings (SSSR count). The first-order chi connectivity index (χ1) is 12.9. The van der Waals surface area contributed by atoms with Crippen LogP contribution in [0.1, 0.15) is 35.6 Å². The summed E-state index contributed by atoms with van der Waals surface area (Å²) in [5.74, 6) is -0.606. The van der Waals surface area contributed by atoms with Gasteiger partial charge in [-0.25, -0.2) is 4.79 Å². The lowest BCUT2D eigenvalue weighted by Gasteiger charge is -2.13. The van der Waals surface area contributed by atoms with E-state index in [0.717, 1.165) is 21.4 Å². The van der Waals surface area contributed by atoms with Gasteiger partial charge in [0.15, 0.2) is 11.4 Å². The third-order valence-electron chi connectivity index (χ3n) is 4.62. The van der Waals surface area contributed by atoms with Crippen LogP contribution in [0.3, 0.4) is 0 Å². The number of aromatic nitrogens is 2. The molecule has 0 aliphatic rings. The van der Waals surface area contributed by atoms with E-state index >= 15 is 0 Å². The fourth-order valence-electron chi connectivity index (χ4n) is 3.24. The highest BCUT2D eigenvalue weighted by atomic mass is 16.5. The van der Waals surface area contributed by atoms with Crippen molar-refractivity contribution in [2.24, 2.45) is 0 Å². The van der Waals surface area contributed by atoms with E-state index < -0.39 is 5.97 Å². The molecule has 0 N–H and O–H groups in total. The van der Waals surface area contributed by atoms with E-state index in [0.29, 0.717) is 23.3 Å². The predicted octanol–water partition coefficient (Wildman–Crippen LogP) is 3.12. The number of rotatable bonds is 4. The Morgan fingerprint density at radius 1 is 1.11 bits per heavy atom. The van der Waals surface area contributed by atoms with Gasteiger partial charge < -0.3 is 14.5 Å². The number of esters is 1. The molecule has 6 heteroatoms. The van der Waals surface area contributed by atoms with Crippen LogP contribution >= 0.6 is 0 Å². The Kier molecular flexibility index (Phi) is 4.99. The van der Waals surface area contributed by atoms with E-state index in [9.17, 15) is 14.8 Å². The molecule has 0 unspecified atom stereocenters. The minimum atomic E-state index is -0.606. The van der Waals surface area contributed by atoms with Crippen molar-refractivity contribution >= 4 is 16.9 Å². The smallest absolute Gasteiger partial charge is 0.343 e. The van der Waals surface area contributed by atoms with Crippen molar-refractivity contribution in [3.63, 3.8) is 0 Å². The second-order valence-corrected chi connectivity index (χ2v) is 6.43. The van der Waals surface area contributed by atoms with Gasteiger partial charge in [0.1, 0.15) is 5.56 Å². The highest BCUT2D eigenvalue weighted by molar-refractivity contribution is 5.94. The minimum absolute atomic E-state index is 0.0396. The Labute approximate surface area is 157 Å². The SMILES string of the molecule is CCOC(=O)c1cn(CC)c2cc(-c3cc(C)[n+]([O-])c(C)c3)ccc2c1=O. The van der Waals surface area contributed by atoms with Gasteiger partial charge in [0.25, 0.3) is 0 Å². The normalized spacial score (nSPS) is 11.0. The van der Waals surface area contributed by atoms with Crippen molar-refractivity contribution in [2.45, 2.75) is 34.2 Å². The lowest BCUT2D eigenvalue weighted by molar-refractivity contribution is -0.619. The van der Waals surface area contributed by atoms with E-state index in [-0.39, 0.29) is 17.6 Å². The molecule has 0 atom stereocenters. The summed E-state index contributed by atoms with van der Waals surface area (Å²) in [5.41, 5.74) is 3.46. The van der Waals surface area contributed by atoms with E-state index in [1.54, 1.807) is 33.0 Å². The van der Waals surface area contributed by atoms with Crippen molar-refractivity contribution in [3.05, 3.63) is 68.9 Å². The summed E-state index contributed by atoms with van der Waals surface area (Å²) in [6.07, 6.45) is 1.56. The van der Waals surface area contributed by atoms with Crippen LogP contribution in [0.25, 0.3) is 22.0 Å². The fraction of sp³-hybridized carbons (Fsp3) is 0.286. The van der Waals surface area contributed by atoms with Gasteiger partial charge in [0, 0.05) is 44.1 Å². The van der Waals surface area contributed by atoms with Crippen molar-refractivity contribution in [2.75, 3.05) is 6.61 Å². The Hall–Kier alpha value is -3.15. The van der Waals surface area contributed by atoms with Gasteiger partial charge in [-0.05, 0) is 37.1 Å². The van der Waals surface area contributed by atoms with Crippen molar-refractivity contribution in [3.8, 4) is 11.1 Å². The lowest BCUT2D eigenvalue weighted by Crippen LogP contribution is -2.33. The molecule has 0 fully saturated rings. The molecule has 0 radical (unpaired) electrons. The minimum Gasteiger partial charge on any atom is -0.618 e. The van der Waals surface area contributed by atoms with E-state index in [1.807, 2.05) is 35.8 Å². The third-order valence-corrected chi connectivity index (χ3v) is 4.62. The van der Waals surface area contributed by atoms with Crippen LogP contribution in [-0.2, 0) is 11.3 Å². The van der Waals surface area contributed by atoms with Crippen LogP contribution in [0.15, 0.2) is 41.3 Å². The molecule has 6 nitrogen and oxygen atoms in total. The maximum absolute atomic E-state index is 12.8. The van der Waals surface area contributed by atoms with E-state index in [2.05, 4.69) is 0 Å². The highest BCUT2D eigenvalue weighted by Gasteiger charge is 2.17. The molecule has 2 heterocycles. The summed E-state index contributed by atoms with van der Waals surface area (Å²) < 4.78 is 7.75. The number of carbonyl (C=O) groups is 1. The van der Waals surface area contributed by atoms with Crippen molar-refractivity contribution < 1.29 is 14.3 Å². The zero-order valence-electron chi connectivity index (χ0n) is 15.9. The number of hydrogen-bond donors (Lipinski definition) is 0. The first-order valence-electron chi connectivity index (χ1n) is 8.92. The zero-order chi connectivity index (χ0) is 19.7. The average Bonchev–Trinajstić information content (AvgIpc) is 2.66. The molecular weight excluding hydrogens is 344 g/mol. The van der Waals surface area contributed by atoms with E-state index in [4.69, 9.17) is 4.74 Å². The predicted molar refractivity (Wildman–Crippen MR) is 104 cm³/mol. The summed E-state index contributed by atoms with van der Waals surface area (Å²) in [5, 5.41) is 12.4. The van der Waals surface area contributed by atoms with Gasteiger partial charge in [-0.1, -0.05) is 6.07 Å². The number of aryl methyl sites for hydroxylation is 3. The Morgan fingerprint density at radius 3 is 2.37 bits per heavy atom. The van der Waals surface area contributed by atoms with Gasteiger partial charge in [0.2, 0.25) is 5.43 Å². The molecule has 3 aromatic rings. The Bertz CT molecular complexity index is 1080. The van der Waals surface area contributed by atoms with Crippen LogP contribution in [0.2, 0.25) is 0 Å². The van der Waals surface area contributed by atoms with Gasteiger partial charge in [-0.15, -0.1) is 0 Å². The molecule has 0 spiro atoms. The topological polar surface area (TPSA) is 75.2 Å². The number of nitrogens with zero attached hydrogens (tertiary/aromatic N) is 2. The van der Waals surface area contributed by atoms with Gasteiger partial charge in [-0.3, -0.25) is 4.79 Å². The lowest BCUT2D eigenvalue weighted by atomic mass is 10.0. The molecule has 0 saturated carbocycles. The molecule has 2 aromatic heterocycles. The first-order valence-corrected chi connectivity index (χ1v) is 8.92. The van der Waals surface area contributed by atoms with Crippen LogP contribution in [-0.4, -0.2) is 17.1 Å². The Balaban J connectivity index is 2.23. The fourth-order valence-corrected chi connectivity index (χ4v) is 3.24. The molecule has 0 aliphatic heterocycles. The highest BCUT2D eigenvalue weighted by Crippen LogP contribution is 2.24. The first kappa shape index (κ1) is 18.6. The Morgan fingerprint density at radius 2 is 1.78 bits per heavy atom. The maximum Gasteiger partial charge on any atom is 0.343 e. The summed E-state index contributed by atoms with van der Waals surface area (Å²) in [6, 6.07) is 9.12. The van der Waals surface area contributed by atoms with Crippen LogP contribution in [0.5, 0.6) is 0 Å². The van der Waals surface area contributed by atoms with Gasteiger partial charge in [0.05, 0.1) is 12.1 Å². The van der Waals surface area contributed by atoms with E-state index in [1.165, 1.54) is 0 Å². The summed E-state index contributed by atoms with van der Waals surface area (Å²) in [6.45, 7) is 7.99. The second kappa shape index (κ2) is 7.23. The quantitative estimate of drug-likeness (QED) is 0.404. The molecular formula is C21H22N2O4. The number of fused-ring (bicyclic) bond motifs is 1. The number of ether oxygens (including phenoxy) is 1. The molecule has 0 amide bonds. The van der Waals surface area contributed by atoms with Crippen molar-refractivity contribution in [1.29, 1.82) is 0 Å². The monoisotopic (exact) mass is 366 g/mol. The molecule has 27 heavy (non-hydrogen) atoms. The zero-order valence-corrected chi connectivity index (χ0v) is 15.9. The van der Waals surface area contributed by atoms with Crippen molar-refractivity contribution in [1.82, 2.24) is 4.57 Å². The summed E-state index contributed by atoms with van der Waals surface area (Å²) in [7, 11) is 0.